The Hall–Kier alpha value is -1.77. The highest BCUT2D eigenvalue weighted by Gasteiger charge is 2.10. The molecule has 0 amide bonds. The van der Waals surface area contributed by atoms with E-state index < -0.39 is 0 Å². The number of carbonyl (C=O) groups is 1. The fourth-order valence-electron chi connectivity index (χ4n) is 1.05. The van der Waals surface area contributed by atoms with Gasteiger partial charge in [-0.3, -0.25) is 0 Å². The predicted octanol–water partition coefficient (Wildman–Crippen LogP) is 2.57. The first-order valence-electron chi connectivity index (χ1n) is 5.14. The first-order chi connectivity index (χ1) is 7.59. The fourth-order valence-corrected chi connectivity index (χ4v) is 1.05. The Balaban J connectivity index is 2.33. The second-order valence-electron chi connectivity index (χ2n) is 3.62. The van der Waals surface area contributed by atoms with Gasteiger partial charge in [0.2, 0.25) is 0 Å². The number of benzene rings is 1. The van der Waals surface area contributed by atoms with Gasteiger partial charge < -0.3 is 9.47 Å². The summed E-state index contributed by atoms with van der Waals surface area (Å²) in [5.74, 6) is 0.380. The molecule has 0 bridgehead atoms. The number of rotatable bonds is 5. The molecule has 0 radical (unpaired) electrons. The van der Waals surface area contributed by atoms with E-state index in [4.69, 9.17) is 9.47 Å². The molecule has 0 heterocycles. The predicted molar refractivity (Wildman–Crippen MR) is 62.3 cm³/mol. The average molecular weight is 220 g/mol. The van der Waals surface area contributed by atoms with Crippen molar-refractivity contribution in [2.45, 2.75) is 20.0 Å². The number of hydrogen-bond donors (Lipinski definition) is 0. The molecule has 16 heavy (non-hydrogen) atoms. The molecule has 3 nitrogen and oxygen atoms in total. The summed E-state index contributed by atoms with van der Waals surface area (Å²) in [7, 11) is 0. The minimum Gasteiger partial charge on any atom is -0.490 e. The molecule has 0 aliphatic rings. The van der Waals surface area contributed by atoms with Crippen LogP contribution >= 0.6 is 0 Å². The molecule has 1 unspecified atom stereocenters. The topological polar surface area (TPSA) is 35.5 Å². The Kier molecular flexibility index (Phi) is 4.58. The van der Waals surface area contributed by atoms with Crippen LogP contribution in [0.1, 0.15) is 13.8 Å². The van der Waals surface area contributed by atoms with Gasteiger partial charge in [0.15, 0.2) is 0 Å². The Morgan fingerprint density at radius 2 is 2.00 bits per heavy atom. The van der Waals surface area contributed by atoms with Gasteiger partial charge in [-0.1, -0.05) is 24.8 Å². The van der Waals surface area contributed by atoms with Crippen molar-refractivity contribution >= 4 is 5.97 Å². The van der Waals surface area contributed by atoms with Crippen LogP contribution < -0.4 is 4.74 Å². The van der Waals surface area contributed by atoms with E-state index in [9.17, 15) is 4.79 Å². The molecule has 0 spiro atoms. The normalized spacial score (nSPS) is 11.6. The average Bonchev–Trinajstić information content (AvgIpc) is 2.27. The lowest BCUT2D eigenvalue weighted by atomic mass is 10.3. The number of hydrogen-bond acceptors (Lipinski definition) is 3. The monoisotopic (exact) mass is 220 g/mol. The third-order valence-electron chi connectivity index (χ3n) is 1.88. The number of ether oxygens (including phenoxy) is 2. The molecule has 0 saturated heterocycles. The van der Waals surface area contributed by atoms with Gasteiger partial charge in [-0.15, -0.1) is 0 Å². The van der Waals surface area contributed by atoms with Gasteiger partial charge in [0.1, 0.15) is 18.5 Å². The maximum atomic E-state index is 11.2. The van der Waals surface area contributed by atoms with E-state index in [0.29, 0.717) is 12.2 Å². The molecule has 3 heteroatoms. The molecule has 1 aromatic rings. The first-order valence-corrected chi connectivity index (χ1v) is 5.14. The maximum Gasteiger partial charge on any atom is 0.333 e. The zero-order chi connectivity index (χ0) is 12.0. The van der Waals surface area contributed by atoms with Gasteiger partial charge in [0.05, 0.1) is 0 Å². The first kappa shape index (κ1) is 12.3. The summed E-state index contributed by atoms with van der Waals surface area (Å²) in [6.45, 7) is 7.25. The van der Waals surface area contributed by atoms with E-state index in [1.165, 1.54) is 0 Å². The van der Waals surface area contributed by atoms with Gasteiger partial charge in [0.25, 0.3) is 0 Å². The summed E-state index contributed by atoms with van der Waals surface area (Å²) < 4.78 is 10.5. The summed E-state index contributed by atoms with van der Waals surface area (Å²) in [5.41, 5.74) is 0.395. The zero-order valence-corrected chi connectivity index (χ0v) is 9.60. The van der Waals surface area contributed by atoms with Gasteiger partial charge in [-0.2, -0.15) is 0 Å². The largest absolute Gasteiger partial charge is 0.490 e. The minimum absolute atomic E-state index is 0.288. The smallest absolute Gasteiger partial charge is 0.333 e. The van der Waals surface area contributed by atoms with Crippen molar-refractivity contribution in [3.63, 3.8) is 0 Å². The third-order valence-corrected chi connectivity index (χ3v) is 1.88. The van der Waals surface area contributed by atoms with Crippen molar-refractivity contribution in [3.8, 4) is 5.75 Å². The van der Waals surface area contributed by atoms with Crippen molar-refractivity contribution < 1.29 is 14.3 Å². The van der Waals surface area contributed by atoms with E-state index >= 15 is 0 Å². The van der Waals surface area contributed by atoms with Crippen LogP contribution in [0.5, 0.6) is 5.75 Å². The molecule has 0 saturated carbocycles. The van der Waals surface area contributed by atoms with E-state index in [2.05, 4.69) is 6.58 Å². The number of esters is 1. The quantitative estimate of drug-likeness (QED) is 0.565. The number of para-hydroxylation sites is 1. The maximum absolute atomic E-state index is 11.2. The Labute approximate surface area is 95.7 Å². The standard InChI is InChI=1S/C13H16O3/c1-10(2)13(14)16-11(3)9-15-12-7-5-4-6-8-12/h4-8,11H,1,9H2,2-3H3. The van der Waals surface area contributed by atoms with Gasteiger partial charge in [-0.25, -0.2) is 4.79 Å². The molecular formula is C13H16O3. The molecule has 1 atom stereocenters. The van der Waals surface area contributed by atoms with Crippen LogP contribution in [-0.2, 0) is 9.53 Å². The van der Waals surface area contributed by atoms with Gasteiger partial charge in [-0.05, 0) is 26.0 Å². The summed E-state index contributed by atoms with van der Waals surface area (Å²) in [5, 5.41) is 0. The lowest BCUT2D eigenvalue weighted by molar-refractivity contribution is -0.144. The summed E-state index contributed by atoms with van der Waals surface area (Å²) in [6, 6.07) is 9.40. The molecule has 0 aliphatic heterocycles. The highest BCUT2D eigenvalue weighted by atomic mass is 16.6. The SMILES string of the molecule is C=C(C)C(=O)OC(C)COc1ccccc1. The molecule has 0 N–H and O–H groups in total. The van der Waals surface area contributed by atoms with Crippen LogP contribution in [0.2, 0.25) is 0 Å². The van der Waals surface area contributed by atoms with E-state index in [1.54, 1.807) is 13.8 Å². The van der Waals surface area contributed by atoms with Crippen LogP contribution in [-0.4, -0.2) is 18.7 Å². The lowest BCUT2D eigenvalue weighted by Gasteiger charge is -2.14. The molecule has 1 aromatic carbocycles. The minimum atomic E-state index is -0.385. The molecule has 0 aromatic heterocycles. The van der Waals surface area contributed by atoms with Crippen LogP contribution in [0.25, 0.3) is 0 Å². The molecular weight excluding hydrogens is 204 g/mol. The van der Waals surface area contributed by atoms with Crippen LogP contribution in [0.3, 0.4) is 0 Å². The van der Waals surface area contributed by atoms with Crippen molar-refractivity contribution in [1.82, 2.24) is 0 Å². The van der Waals surface area contributed by atoms with Crippen LogP contribution in [0.15, 0.2) is 42.5 Å². The van der Waals surface area contributed by atoms with Crippen molar-refractivity contribution in [2.24, 2.45) is 0 Å². The van der Waals surface area contributed by atoms with Gasteiger partial charge in [0, 0.05) is 5.57 Å². The summed E-state index contributed by atoms with van der Waals surface area (Å²) in [6.07, 6.45) is -0.288. The second-order valence-corrected chi connectivity index (χ2v) is 3.62. The van der Waals surface area contributed by atoms with E-state index in [0.717, 1.165) is 5.75 Å². The van der Waals surface area contributed by atoms with Crippen molar-refractivity contribution in [1.29, 1.82) is 0 Å². The third kappa shape index (κ3) is 4.17. The Morgan fingerprint density at radius 1 is 1.38 bits per heavy atom. The molecule has 0 aliphatic carbocycles. The van der Waals surface area contributed by atoms with E-state index in [-0.39, 0.29) is 12.1 Å². The van der Waals surface area contributed by atoms with Crippen LogP contribution in [0.4, 0.5) is 0 Å². The number of carbonyl (C=O) groups excluding carboxylic acids is 1. The van der Waals surface area contributed by atoms with Crippen LogP contribution in [0, 0.1) is 0 Å². The highest BCUT2D eigenvalue weighted by Crippen LogP contribution is 2.09. The fraction of sp³-hybridized carbons (Fsp3) is 0.308. The Bertz CT molecular complexity index is 357. The zero-order valence-electron chi connectivity index (χ0n) is 9.60. The van der Waals surface area contributed by atoms with Crippen molar-refractivity contribution in [2.75, 3.05) is 6.61 Å². The highest BCUT2D eigenvalue weighted by molar-refractivity contribution is 5.87. The Morgan fingerprint density at radius 3 is 2.56 bits per heavy atom. The molecule has 1 rings (SSSR count). The summed E-state index contributed by atoms with van der Waals surface area (Å²) in [4.78, 5) is 11.2. The second kappa shape index (κ2) is 5.95. The lowest BCUT2D eigenvalue weighted by Crippen LogP contribution is -2.22. The van der Waals surface area contributed by atoms with E-state index in [1.807, 2.05) is 30.3 Å². The molecule has 0 fully saturated rings. The van der Waals surface area contributed by atoms with Crippen molar-refractivity contribution in [3.05, 3.63) is 42.5 Å². The summed E-state index contributed by atoms with van der Waals surface area (Å²) >= 11 is 0. The molecule has 86 valence electrons. The van der Waals surface area contributed by atoms with Gasteiger partial charge >= 0.3 is 5.97 Å².